The van der Waals surface area contributed by atoms with Crippen molar-refractivity contribution >= 4 is 34.1 Å². The van der Waals surface area contributed by atoms with Crippen molar-refractivity contribution < 1.29 is 4.79 Å². The molecule has 0 fully saturated rings. The van der Waals surface area contributed by atoms with Crippen LogP contribution >= 0.6 is 11.3 Å². The van der Waals surface area contributed by atoms with Crippen LogP contribution in [0.25, 0.3) is 0 Å². The molecule has 4 rings (SSSR count). The van der Waals surface area contributed by atoms with E-state index in [0.717, 1.165) is 41.1 Å². The van der Waals surface area contributed by atoms with E-state index in [4.69, 9.17) is 4.99 Å². The molecule has 0 saturated heterocycles. The molecule has 160 valence electrons. The van der Waals surface area contributed by atoms with Crippen LogP contribution in [0.3, 0.4) is 0 Å². The van der Waals surface area contributed by atoms with Crippen molar-refractivity contribution in [3.05, 3.63) is 80.7 Å². The Labute approximate surface area is 189 Å². The number of aryl methyl sites for hydroxylation is 4. The van der Waals surface area contributed by atoms with Crippen LogP contribution in [0.15, 0.2) is 47.5 Å². The summed E-state index contributed by atoms with van der Waals surface area (Å²) in [6.07, 6.45) is 8.71. The Morgan fingerprint density at radius 1 is 0.935 bits per heavy atom. The molecule has 2 aromatic carbocycles. The van der Waals surface area contributed by atoms with Gasteiger partial charge in [0, 0.05) is 16.8 Å². The Hall–Kier alpha value is -2.72. The molecule has 3 aromatic rings. The van der Waals surface area contributed by atoms with Gasteiger partial charge in [-0.2, -0.15) is 0 Å². The van der Waals surface area contributed by atoms with E-state index in [1.54, 1.807) is 11.3 Å². The molecule has 0 unspecified atom stereocenters. The van der Waals surface area contributed by atoms with Crippen LogP contribution in [-0.4, -0.2) is 12.1 Å². The summed E-state index contributed by atoms with van der Waals surface area (Å²) >= 11 is 1.69. The zero-order valence-electron chi connectivity index (χ0n) is 18.6. The molecule has 1 amide bonds. The first-order valence-corrected chi connectivity index (χ1v) is 12.0. The molecule has 0 radical (unpaired) electrons. The number of benzene rings is 2. The van der Waals surface area contributed by atoms with Crippen LogP contribution in [0.4, 0.5) is 10.7 Å². The van der Waals surface area contributed by atoms with E-state index in [-0.39, 0.29) is 5.91 Å². The van der Waals surface area contributed by atoms with Gasteiger partial charge in [0.1, 0.15) is 5.00 Å². The number of nitrogens with one attached hydrogen (secondary N) is 1. The maximum atomic E-state index is 13.4. The summed E-state index contributed by atoms with van der Waals surface area (Å²) < 4.78 is 0. The smallest absolute Gasteiger partial charge is 0.259 e. The predicted molar refractivity (Wildman–Crippen MR) is 132 cm³/mol. The quantitative estimate of drug-likeness (QED) is 0.432. The summed E-state index contributed by atoms with van der Waals surface area (Å²) in [6.45, 7) is 6.23. The molecule has 1 heterocycles. The third-order valence-electron chi connectivity index (χ3n) is 6.05. The lowest BCUT2D eigenvalue weighted by molar-refractivity contribution is 0.102. The molecule has 1 aromatic heterocycles. The number of anilines is 1. The number of hydrogen-bond acceptors (Lipinski definition) is 3. The van der Waals surface area contributed by atoms with Gasteiger partial charge in [-0.25, -0.2) is 4.99 Å². The first-order chi connectivity index (χ1) is 15.0. The summed E-state index contributed by atoms with van der Waals surface area (Å²) in [6, 6.07) is 14.4. The summed E-state index contributed by atoms with van der Waals surface area (Å²) in [5.74, 6) is -0.0441. The average Bonchev–Trinajstić information content (AvgIpc) is 3.07. The Morgan fingerprint density at radius 3 is 2.42 bits per heavy atom. The van der Waals surface area contributed by atoms with E-state index >= 15 is 0 Å². The number of carbonyl (C=O) groups is 1. The number of aliphatic imine (C=N–C) groups is 1. The molecule has 1 aliphatic rings. The molecular formula is C27H30N2OS. The van der Waals surface area contributed by atoms with E-state index < -0.39 is 0 Å². The van der Waals surface area contributed by atoms with Gasteiger partial charge in [0.05, 0.1) is 5.56 Å². The maximum absolute atomic E-state index is 13.4. The molecular weight excluding hydrogens is 400 g/mol. The molecule has 0 bridgehead atoms. The third-order valence-corrected chi connectivity index (χ3v) is 7.25. The molecule has 1 N–H and O–H groups in total. The Morgan fingerprint density at radius 2 is 1.68 bits per heavy atom. The number of nitrogens with zero attached hydrogens (tertiary/aromatic N) is 1. The zero-order valence-corrected chi connectivity index (χ0v) is 19.4. The molecule has 0 saturated carbocycles. The minimum absolute atomic E-state index is 0.0441. The van der Waals surface area contributed by atoms with Crippen molar-refractivity contribution in [3.63, 3.8) is 0 Å². The van der Waals surface area contributed by atoms with Crippen LogP contribution in [0.1, 0.15) is 68.7 Å². The third kappa shape index (κ3) is 5.13. The molecule has 0 spiro atoms. The number of thiophene rings is 1. The van der Waals surface area contributed by atoms with Gasteiger partial charge in [-0.1, -0.05) is 48.7 Å². The van der Waals surface area contributed by atoms with E-state index in [1.165, 1.54) is 46.4 Å². The fourth-order valence-electron chi connectivity index (χ4n) is 4.03. The van der Waals surface area contributed by atoms with Crippen molar-refractivity contribution in [1.82, 2.24) is 0 Å². The Bertz CT molecular complexity index is 1110. The van der Waals surface area contributed by atoms with Gasteiger partial charge >= 0.3 is 0 Å². The number of fused-ring (bicyclic) bond motifs is 1. The van der Waals surface area contributed by atoms with E-state index in [2.05, 4.69) is 56.4 Å². The Balaban J connectivity index is 1.69. The van der Waals surface area contributed by atoms with Gasteiger partial charge in [0.2, 0.25) is 0 Å². The minimum Gasteiger partial charge on any atom is -0.322 e. The van der Waals surface area contributed by atoms with Crippen molar-refractivity contribution in [2.24, 2.45) is 4.99 Å². The second-order valence-corrected chi connectivity index (χ2v) is 9.60. The van der Waals surface area contributed by atoms with Gasteiger partial charge in [0.15, 0.2) is 0 Å². The largest absolute Gasteiger partial charge is 0.322 e. The lowest BCUT2D eigenvalue weighted by Crippen LogP contribution is -2.14. The van der Waals surface area contributed by atoms with Crippen LogP contribution in [0.5, 0.6) is 0 Å². The van der Waals surface area contributed by atoms with Crippen molar-refractivity contribution in [2.75, 3.05) is 5.32 Å². The van der Waals surface area contributed by atoms with E-state index in [1.807, 2.05) is 18.3 Å². The van der Waals surface area contributed by atoms with Crippen molar-refractivity contribution in [2.45, 2.75) is 59.3 Å². The standard InChI is InChI=1S/C27H30N2OS/c1-18-10-13-21(14-11-18)17-28-27-25(23-8-6-4-5-7-9-24(23)31-27)26(30)29-22-15-12-19(2)20(3)16-22/h10-17H,4-9H2,1-3H3,(H,29,30). The van der Waals surface area contributed by atoms with E-state index in [0.29, 0.717) is 0 Å². The van der Waals surface area contributed by atoms with Crippen LogP contribution in [0.2, 0.25) is 0 Å². The highest BCUT2D eigenvalue weighted by molar-refractivity contribution is 7.16. The molecule has 4 heteroatoms. The van der Waals surface area contributed by atoms with Crippen molar-refractivity contribution in [3.8, 4) is 0 Å². The number of hydrogen-bond donors (Lipinski definition) is 1. The molecule has 3 nitrogen and oxygen atoms in total. The summed E-state index contributed by atoms with van der Waals surface area (Å²) in [5.41, 5.74) is 7.49. The highest BCUT2D eigenvalue weighted by Gasteiger charge is 2.24. The summed E-state index contributed by atoms with van der Waals surface area (Å²) in [4.78, 5) is 19.6. The maximum Gasteiger partial charge on any atom is 0.259 e. The Kier molecular flexibility index (Phi) is 6.67. The predicted octanol–water partition coefficient (Wildman–Crippen LogP) is 7.34. The number of rotatable bonds is 4. The molecule has 1 aliphatic carbocycles. The normalized spacial score (nSPS) is 14.2. The van der Waals surface area contributed by atoms with Gasteiger partial charge in [-0.3, -0.25) is 4.79 Å². The van der Waals surface area contributed by atoms with Crippen LogP contribution < -0.4 is 5.32 Å². The molecule has 0 aliphatic heterocycles. The van der Waals surface area contributed by atoms with Gasteiger partial charge < -0.3 is 5.32 Å². The second kappa shape index (κ2) is 9.61. The second-order valence-electron chi connectivity index (χ2n) is 8.52. The van der Waals surface area contributed by atoms with Gasteiger partial charge in [0.25, 0.3) is 5.91 Å². The summed E-state index contributed by atoms with van der Waals surface area (Å²) in [5, 5.41) is 3.97. The SMILES string of the molecule is Cc1ccc(C=Nc2sc3c(c2C(=O)Nc2ccc(C)c(C)c2)CCCCCC3)cc1. The average molecular weight is 431 g/mol. The zero-order chi connectivity index (χ0) is 21.8. The highest BCUT2D eigenvalue weighted by atomic mass is 32.1. The highest BCUT2D eigenvalue weighted by Crippen LogP contribution is 2.39. The first-order valence-electron chi connectivity index (χ1n) is 11.1. The lowest BCUT2D eigenvalue weighted by atomic mass is 9.96. The number of amides is 1. The fourth-order valence-corrected chi connectivity index (χ4v) is 5.26. The molecule has 0 atom stereocenters. The van der Waals surface area contributed by atoms with Crippen LogP contribution in [-0.2, 0) is 12.8 Å². The number of carbonyl (C=O) groups excluding carboxylic acids is 1. The van der Waals surface area contributed by atoms with E-state index in [9.17, 15) is 4.79 Å². The van der Waals surface area contributed by atoms with Gasteiger partial charge in [-0.05, 0) is 80.8 Å². The minimum atomic E-state index is -0.0441. The topological polar surface area (TPSA) is 41.5 Å². The van der Waals surface area contributed by atoms with Crippen LogP contribution in [0, 0.1) is 20.8 Å². The lowest BCUT2D eigenvalue weighted by Gasteiger charge is -2.12. The monoisotopic (exact) mass is 430 g/mol. The first kappa shape index (κ1) is 21.5. The fraction of sp³-hybridized carbons (Fsp3) is 0.333. The summed E-state index contributed by atoms with van der Waals surface area (Å²) in [7, 11) is 0. The van der Waals surface area contributed by atoms with Crippen molar-refractivity contribution in [1.29, 1.82) is 0 Å². The van der Waals surface area contributed by atoms with Gasteiger partial charge in [-0.15, -0.1) is 11.3 Å². The molecule has 31 heavy (non-hydrogen) atoms.